The molecule has 2 atom stereocenters. The first kappa shape index (κ1) is 12.6. The zero-order valence-corrected chi connectivity index (χ0v) is 11.6. The number of carbonyl (C=O) groups is 2. The summed E-state index contributed by atoms with van der Waals surface area (Å²) in [5.41, 5.74) is 0. The van der Waals surface area contributed by atoms with Gasteiger partial charge < -0.3 is 9.80 Å². The molecule has 0 bridgehead atoms. The Labute approximate surface area is 118 Å². The van der Waals surface area contributed by atoms with Crippen LogP contribution < -0.4 is 0 Å². The van der Waals surface area contributed by atoms with Crippen LogP contribution in [0.25, 0.3) is 0 Å². The van der Waals surface area contributed by atoms with Crippen molar-refractivity contribution in [3.8, 4) is 0 Å². The molecule has 4 rings (SSSR count). The van der Waals surface area contributed by atoms with E-state index in [4.69, 9.17) is 0 Å². The molecule has 0 unspecified atom stereocenters. The van der Waals surface area contributed by atoms with E-state index in [2.05, 4.69) is 0 Å². The highest BCUT2D eigenvalue weighted by molar-refractivity contribution is 5.85. The summed E-state index contributed by atoms with van der Waals surface area (Å²) in [6.07, 6.45) is 3.83. The number of nitrogens with zero attached hydrogens (tertiary/aromatic N) is 2. The van der Waals surface area contributed by atoms with Gasteiger partial charge in [-0.15, -0.1) is 0 Å². The number of carbonyl (C=O) groups excluding carboxylic acids is 2. The summed E-state index contributed by atoms with van der Waals surface area (Å²) in [4.78, 5) is 28.4. The average molecular weight is 280 g/mol. The molecule has 0 aromatic rings. The Morgan fingerprint density at radius 2 is 1.95 bits per heavy atom. The lowest BCUT2D eigenvalue weighted by Crippen LogP contribution is -2.46. The summed E-state index contributed by atoms with van der Waals surface area (Å²) in [6.45, 7) is 1.63. The van der Waals surface area contributed by atoms with Crippen LogP contribution in [0.3, 0.4) is 0 Å². The van der Waals surface area contributed by atoms with E-state index in [9.17, 15) is 14.0 Å². The molecule has 4 nitrogen and oxygen atoms in total. The minimum Gasteiger partial charge on any atom is -0.337 e. The summed E-state index contributed by atoms with van der Waals surface area (Å²) in [6, 6.07) is 0.292. The molecule has 4 fully saturated rings. The lowest BCUT2D eigenvalue weighted by Gasteiger charge is -2.34. The van der Waals surface area contributed by atoms with E-state index in [1.54, 1.807) is 0 Å². The van der Waals surface area contributed by atoms with Gasteiger partial charge >= 0.3 is 0 Å². The molecule has 0 N–H and O–H groups in total. The van der Waals surface area contributed by atoms with Crippen molar-refractivity contribution in [3.63, 3.8) is 0 Å². The minimum atomic E-state index is -0.793. The van der Waals surface area contributed by atoms with Gasteiger partial charge in [-0.3, -0.25) is 9.59 Å². The van der Waals surface area contributed by atoms with Gasteiger partial charge in [0.1, 0.15) is 6.17 Å². The third kappa shape index (κ3) is 1.93. The largest absolute Gasteiger partial charge is 0.337 e. The maximum absolute atomic E-state index is 12.9. The van der Waals surface area contributed by atoms with E-state index in [1.165, 1.54) is 12.8 Å². The van der Waals surface area contributed by atoms with E-state index in [1.807, 2.05) is 9.80 Å². The fraction of sp³-hybridized carbons (Fsp3) is 0.867. The first-order valence-corrected chi connectivity index (χ1v) is 7.87. The molecule has 2 heterocycles. The van der Waals surface area contributed by atoms with Gasteiger partial charge in [-0.2, -0.15) is 0 Å². The number of fused-ring (bicyclic) bond motifs is 1. The summed E-state index contributed by atoms with van der Waals surface area (Å²) in [5.74, 6) is 0.867. The highest BCUT2D eigenvalue weighted by Gasteiger charge is 2.51. The van der Waals surface area contributed by atoms with Crippen molar-refractivity contribution in [1.29, 1.82) is 0 Å². The van der Waals surface area contributed by atoms with E-state index in [0.29, 0.717) is 25.2 Å². The van der Waals surface area contributed by atoms with Crippen molar-refractivity contribution in [2.45, 2.75) is 56.8 Å². The van der Waals surface area contributed by atoms with Crippen LogP contribution in [0.4, 0.5) is 4.39 Å². The Morgan fingerprint density at radius 3 is 2.60 bits per heavy atom. The number of halogens is 1. The normalized spacial score (nSPS) is 40.0. The predicted molar refractivity (Wildman–Crippen MR) is 70.6 cm³/mol. The molecular formula is C15H21FN2O2. The first-order valence-electron chi connectivity index (χ1n) is 7.87. The molecule has 2 amide bonds. The molecule has 0 aromatic carbocycles. The molecule has 4 aliphatic rings. The fourth-order valence-corrected chi connectivity index (χ4v) is 4.00. The minimum absolute atomic E-state index is 0.0624. The van der Waals surface area contributed by atoms with Crippen LogP contribution in [0.5, 0.6) is 0 Å². The number of hydrogen-bond donors (Lipinski definition) is 0. The lowest BCUT2D eigenvalue weighted by molar-refractivity contribution is -0.141. The maximum Gasteiger partial charge on any atom is 0.226 e. The van der Waals surface area contributed by atoms with Gasteiger partial charge in [-0.25, -0.2) is 4.39 Å². The lowest BCUT2D eigenvalue weighted by atomic mass is 9.82. The second-order valence-electron chi connectivity index (χ2n) is 6.91. The highest BCUT2D eigenvalue weighted by atomic mass is 19.1. The van der Waals surface area contributed by atoms with Crippen molar-refractivity contribution >= 4 is 11.8 Å². The van der Waals surface area contributed by atoms with Gasteiger partial charge in [-0.1, -0.05) is 0 Å². The van der Waals surface area contributed by atoms with Crippen LogP contribution in [-0.4, -0.2) is 53.0 Å². The highest BCUT2D eigenvalue weighted by Crippen LogP contribution is 2.40. The van der Waals surface area contributed by atoms with E-state index >= 15 is 0 Å². The standard InChI is InChI=1S/C15H21FN2O2/c16-11-5-10(6-11)15(20)17-4-3-12-13(17)7-14(19)18(12)8-9-1-2-9/h9-13H,1-8H2/t10?,11?,12-,13+/m0/s1. The molecule has 2 aliphatic carbocycles. The molecule has 0 radical (unpaired) electrons. The van der Waals surface area contributed by atoms with Gasteiger partial charge in [0, 0.05) is 25.4 Å². The summed E-state index contributed by atoms with van der Waals surface area (Å²) < 4.78 is 12.9. The topological polar surface area (TPSA) is 40.6 Å². The van der Waals surface area contributed by atoms with Crippen molar-refractivity contribution in [2.24, 2.45) is 11.8 Å². The Kier molecular flexibility index (Phi) is 2.79. The Balaban J connectivity index is 1.44. The number of hydrogen-bond acceptors (Lipinski definition) is 2. The number of likely N-dealkylation sites (tertiary alicyclic amines) is 2. The third-order valence-corrected chi connectivity index (χ3v) is 5.48. The second-order valence-corrected chi connectivity index (χ2v) is 6.91. The van der Waals surface area contributed by atoms with E-state index in [0.717, 1.165) is 19.5 Å². The van der Waals surface area contributed by atoms with Gasteiger partial charge in [-0.05, 0) is 38.0 Å². The van der Waals surface area contributed by atoms with Crippen LogP contribution in [0.15, 0.2) is 0 Å². The van der Waals surface area contributed by atoms with Crippen LogP contribution in [-0.2, 0) is 9.59 Å². The van der Waals surface area contributed by atoms with Crippen LogP contribution >= 0.6 is 0 Å². The predicted octanol–water partition coefficient (Wildman–Crippen LogP) is 1.35. The van der Waals surface area contributed by atoms with Gasteiger partial charge in [0.15, 0.2) is 0 Å². The van der Waals surface area contributed by atoms with E-state index < -0.39 is 6.17 Å². The summed E-state index contributed by atoms with van der Waals surface area (Å²) >= 11 is 0. The fourth-order valence-electron chi connectivity index (χ4n) is 4.00. The zero-order chi connectivity index (χ0) is 13.9. The summed E-state index contributed by atoms with van der Waals surface area (Å²) in [7, 11) is 0. The SMILES string of the molecule is O=C(C1CC(F)C1)N1CC[C@H]2[C@H]1CC(=O)N2CC1CC1. The van der Waals surface area contributed by atoms with Crippen molar-refractivity contribution in [2.75, 3.05) is 13.1 Å². The first-order chi connectivity index (χ1) is 9.63. The van der Waals surface area contributed by atoms with Crippen LogP contribution in [0.2, 0.25) is 0 Å². The molecule has 0 aromatic heterocycles. The second kappa shape index (κ2) is 4.43. The number of rotatable bonds is 3. The molecule has 0 spiro atoms. The van der Waals surface area contributed by atoms with Crippen LogP contribution in [0, 0.1) is 11.8 Å². The van der Waals surface area contributed by atoms with Crippen LogP contribution in [0.1, 0.15) is 38.5 Å². The van der Waals surface area contributed by atoms with Crippen molar-refractivity contribution in [1.82, 2.24) is 9.80 Å². The van der Waals surface area contributed by atoms with Gasteiger partial charge in [0.25, 0.3) is 0 Å². The number of alkyl halides is 1. The molecular weight excluding hydrogens is 259 g/mol. The summed E-state index contributed by atoms with van der Waals surface area (Å²) in [5, 5.41) is 0. The van der Waals surface area contributed by atoms with Crippen molar-refractivity contribution in [3.05, 3.63) is 0 Å². The number of amides is 2. The monoisotopic (exact) mass is 280 g/mol. The Morgan fingerprint density at radius 1 is 1.20 bits per heavy atom. The molecule has 5 heteroatoms. The molecule has 2 saturated heterocycles. The third-order valence-electron chi connectivity index (χ3n) is 5.48. The average Bonchev–Trinajstić information content (AvgIpc) is 3.04. The molecule has 20 heavy (non-hydrogen) atoms. The quantitative estimate of drug-likeness (QED) is 0.783. The van der Waals surface area contributed by atoms with Gasteiger partial charge in [0.05, 0.1) is 12.1 Å². The van der Waals surface area contributed by atoms with Crippen molar-refractivity contribution < 1.29 is 14.0 Å². The molecule has 110 valence electrons. The Bertz CT molecular complexity index is 445. The smallest absolute Gasteiger partial charge is 0.226 e. The van der Waals surface area contributed by atoms with E-state index in [-0.39, 0.29) is 29.8 Å². The maximum atomic E-state index is 12.9. The Hall–Kier alpha value is -1.13. The molecule has 2 saturated carbocycles. The molecule has 2 aliphatic heterocycles. The van der Waals surface area contributed by atoms with Gasteiger partial charge in [0.2, 0.25) is 11.8 Å². The zero-order valence-electron chi connectivity index (χ0n) is 11.6.